The molecular weight excluding hydrogens is 386 g/mol. The van der Waals surface area contributed by atoms with Crippen LogP contribution < -0.4 is 5.56 Å². The van der Waals surface area contributed by atoms with Gasteiger partial charge >= 0.3 is 5.97 Å². The van der Waals surface area contributed by atoms with Gasteiger partial charge in [0.05, 0.1) is 19.2 Å². The van der Waals surface area contributed by atoms with Crippen LogP contribution in [0.5, 0.6) is 0 Å². The molecule has 4 heteroatoms. The monoisotopic (exact) mass is 407 g/mol. The second-order valence-electron chi connectivity index (χ2n) is 7.24. The van der Waals surface area contributed by atoms with Crippen molar-refractivity contribution in [2.24, 2.45) is 0 Å². The number of carbonyl (C=O) groups is 1. The van der Waals surface area contributed by atoms with Crippen molar-refractivity contribution in [1.29, 1.82) is 0 Å². The fourth-order valence-corrected chi connectivity index (χ4v) is 3.42. The third-order valence-corrected chi connectivity index (χ3v) is 5.01. The minimum absolute atomic E-state index is 0.0983. The molecule has 0 bridgehead atoms. The molecule has 152 valence electrons. The summed E-state index contributed by atoms with van der Waals surface area (Å²) in [5.74, 6) is 6.02. The van der Waals surface area contributed by atoms with E-state index in [-0.39, 0.29) is 5.56 Å². The summed E-state index contributed by atoms with van der Waals surface area (Å²) < 4.78 is 6.41. The summed E-state index contributed by atoms with van der Waals surface area (Å²) >= 11 is 0. The molecule has 0 spiro atoms. The number of fused-ring (bicyclic) bond motifs is 1. The van der Waals surface area contributed by atoms with Crippen LogP contribution in [0.15, 0.2) is 89.9 Å². The average molecular weight is 407 g/mol. The quantitative estimate of drug-likeness (QED) is 0.371. The van der Waals surface area contributed by atoms with Crippen molar-refractivity contribution in [2.45, 2.75) is 13.0 Å². The predicted octanol–water partition coefficient (Wildman–Crippen LogP) is 4.43. The number of benzene rings is 3. The number of carbonyl (C=O) groups excluding carboxylic acids is 1. The first-order valence-corrected chi connectivity index (χ1v) is 9.97. The van der Waals surface area contributed by atoms with Gasteiger partial charge in [0.2, 0.25) is 0 Å². The number of ether oxygens (including phenoxy) is 1. The molecule has 0 amide bonds. The number of esters is 1. The summed E-state index contributed by atoms with van der Waals surface area (Å²) in [7, 11) is 1.35. The van der Waals surface area contributed by atoms with Crippen LogP contribution in [0.1, 0.15) is 27.0 Å². The van der Waals surface area contributed by atoms with E-state index in [1.807, 2.05) is 48.7 Å². The smallest absolute Gasteiger partial charge is 0.337 e. The summed E-state index contributed by atoms with van der Waals surface area (Å²) in [6.45, 7) is 0.365. The Morgan fingerprint density at radius 3 is 2.52 bits per heavy atom. The van der Waals surface area contributed by atoms with E-state index in [1.54, 1.807) is 28.8 Å². The van der Waals surface area contributed by atoms with Crippen LogP contribution in [0.2, 0.25) is 0 Å². The number of pyridine rings is 1. The predicted molar refractivity (Wildman–Crippen MR) is 122 cm³/mol. The van der Waals surface area contributed by atoms with Gasteiger partial charge in [-0.05, 0) is 46.2 Å². The Kier molecular flexibility index (Phi) is 5.96. The first-order valence-electron chi connectivity index (χ1n) is 9.97. The van der Waals surface area contributed by atoms with Crippen LogP contribution in [0, 0.1) is 11.8 Å². The minimum Gasteiger partial charge on any atom is -0.465 e. The largest absolute Gasteiger partial charge is 0.465 e. The first kappa shape index (κ1) is 20.2. The number of aromatic nitrogens is 1. The van der Waals surface area contributed by atoms with Crippen LogP contribution in [0.25, 0.3) is 10.8 Å². The normalized spacial score (nSPS) is 10.4. The molecule has 0 unspecified atom stereocenters. The Bertz CT molecular complexity index is 1360. The molecule has 0 fully saturated rings. The third kappa shape index (κ3) is 4.91. The SMILES string of the molecule is COC(=O)c1cccc(Cn2cc3cc(C#CCc4ccccc4)ccc3cc2=O)c1. The van der Waals surface area contributed by atoms with Crippen LogP contribution in [0.3, 0.4) is 0 Å². The lowest BCUT2D eigenvalue weighted by atomic mass is 10.1. The summed E-state index contributed by atoms with van der Waals surface area (Å²) in [6.07, 6.45) is 2.53. The minimum atomic E-state index is -0.397. The number of hydrogen-bond donors (Lipinski definition) is 0. The van der Waals surface area contributed by atoms with Gasteiger partial charge in [-0.2, -0.15) is 0 Å². The lowest BCUT2D eigenvalue weighted by Crippen LogP contribution is -2.19. The Morgan fingerprint density at radius 2 is 1.71 bits per heavy atom. The van der Waals surface area contributed by atoms with Gasteiger partial charge in [0.25, 0.3) is 5.56 Å². The highest BCUT2D eigenvalue weighted by molar-refractivity contribution is 5.89. The van der Waals surface area contributed by atoms with Crippen molar-refractivity contribution in [1.82, 2.24) is 4.57 Å². The molecule has 0 aliphatic rings. The standard InChI is InChI=1S/C27H21NO3/c1-31-27(30)24-12-6-11-22(16-24)18-28-19-25-15-21(13-14-23(25)17-26(28)29)10-5-9-20-7-3-2-4-8-20/h2-4,6-8,11-17,19H,9,18H2,1H3. The molecular formula is C27H21NO3. The third-order valence-electron chi connectivity index (χ3n) is 5.01. The number of hydrogen-bond acceptors (Lipinski definition) is 3. The fourth-order valence-electron chi connectivity index (χ4n) is 3.42. The van der Waals surface area contributed by atoms with Crippen molar-refractivity contribution in [3.8, 4) is 11.8 Å². The van der Waals surface area contributed by atoms with Crippen LogP contribution >= 0.6 is 0 Å². The van der Waals surface area contributed by atoms with Gasteiger partial charge in [-0.3, -0.25) is 4.79 Å². The molecule has 0 saturated heterocycles. The number of methoxy groups -OCH3 is 1. The van der Waals surface area contributed by atoms with E-state index in [0.717, 1.165) is 21.9 Å². The molecule has 3 aromatic carbocycles. The van der Waals surface area contributed by atoms with Crippen LogP contribution in [0.4, 0.5) is 0 Å². The first-order chi connectivity index (χ1) is 15.1. The van der Waals surface area contributed by atoms with E-state index in [2.05, 4.69) is 24.0 Å². The second-order valence-corrected chi connectivity index (χ2v) is 7.24. The Balaban J connectivity index is 1.60. The van der Waals surface area contributed by atoms with Gasteiger partial charge in [-0.1, -0.05) is 60.4 Å². The van der Waals surface area contributed by atoms with Gasteiger partial charge in [-0.15, -0.1) is 0 Å². The Labute approximate surface area is 180 Å². The molecule has 0 saturated carbocycles. The summed E-state index contributed by atoms with van der Waals surface area (Å²) in [5, 5.41) is 1.81. The lowest BCUT2D eigenvalue weighted by molar-refractivity contribution is 0.0600. The second kappa shape index (κ2) is 9.15. The maximum absolute atomic E-state index is 12.6. The maximum atomic E-state index is 12.6. The zero-order valence-corrected chi connectivity index (χ0v) is 17.2. The Morgan fingerprint density at radius 1 is 0.903 bits per heavy atom. The van der Waals surface area contributed by atoms with Gasteiger partial charge in [0, 0.05) is 24.2 Å². The van der Waals surface area contributed by atoms with Crippen molar-refractivity contribution >= 4 is 16.7 Å². The zero-order valence-electron chi connectivity index (χ0n) is 17.2. The molecule has 4 nitrogen and oxygen atoms in total. The average Bonchev–Trinajstić information content (AvgIpc) is 2.80. The molecule has 0 aliphatic heterocycles. The van der Waals surface area contributed by atoms with E-state index in [0.29, 0.717) is 18.5 Å². The van der Waals surface area contributed by atoms with Crippen molar-refractivity contribution in [2.75, 3.05) is 7.11 Å². The fraction of sp³-hybridized carbons (Fsp3) is 0.111. The molecule has 0 radical (unpaired) electrons. The van der Waals surface area contributed by atoms with E-state index >= 15 is 0 Å². The van der Waals surface area contributed by atoms with Crippen molar-refractivity contribution in [3.05, 3.63) is 118 Å². The molecule has 31 heavy (non-hydrogen) atoms. The molecule has 0 aliphatic carbocycles. The zero-order chi connectivity index (χ0) is 21.6. The van der Waals surface area contributed by atoms with Gasteiger partial charge in [-0.25, -0.2) is 4.79 Å². The van der Waals surface area contributed by atoms with Gasteiger partial charge in [0.1, 0.15) is 0 Å². The summed E-state index contributed by atoms with van der Waals surface area (Å²) in [5.41, 5.74) is 3.30. The molecule has 4 aromatic rings. The van der Waals surface area contributed by atoms with Crippen LogP contribution in [-0.2, 0) is 17.7 Å². The molecule has 0 atom stereocenters. The molecule has 0 N–H and O–H groups in total. The number of nitrogens with zero attached hydrogens (tertiary/aromatic N) is 1. The number of rotatable bonds is 4. The van der Waals surface area contributed by atoms with Crippen molar-refractivity contribution < 1.29 is 9.53 Å². The highest BCUT2D eigenvalue weighted by Crippen LogP contribution is 2.15. The van der Waals surface area contributed by atoms with E-state index in [4.69, 9.17) is 4.74 Å². The van der Waals surface area contributed by atoms with Crippen molar-refractivity contribution in [3.63, 3.8) is 0 Å². The summed E-state index contributed by atoms with van der Waals surface area (Å²) in [4.78, 5) is 24.3. The van der Waals surface area contributed by atoms with Gasteiger partial charge in [0.15, 0.2) is 0 Å². The van der Waals surface area contributed by atoms with E-state index < -0.39 is 5.97 Å². The Hall–Kier alpha value is -4.10. The maximum Gasteiger partial charge on any atom is 0.337 e. The van der Waals surface area contributed by atoms with E-state index in [9.17, 15) is 9.59 Å². The summed E-state index contributed by atoms with van der Waals surface area (Å²) in [6, 6.07) is 24.7. The van der Waals surface area contributed by atoms with E-state index in [1.165, 1.54) is 12.7 Å². The highest BCUT2D eigenvalue weighted by atomic mass is 16.5. The highest BCUT2D eigenvalue weighted by Gasteiger charge is 2.07. The molecule has 1 aromatic heterocycles. The van der Waals surface area contributed by atoms with Crippen LogP contribution in [-0.4, -0.2) is 17.6 Å². The topological polar surface area (TPSA) is 48.3 Å². The molecule has 4 rings (SSSR count). The van der Waals surface area contributed by atoms with Gasteiger partial charge < -0.3 is 9.30 Å². The lowest BCUT2D eigenvalue weighted by Gasteiger charge is -2.09. The molecule has 1 heterocycles.